The number of benzene rings is 2. The molecule has 0 radical (unpaired) electrons. The highest BCUT2D eigenvalue weighted by Gasteiger charge is 2.13. The summed E-state index contributed by atoms with van der Waals surface area (Å²) in [4.78, 5) is 16.7. The zero-order valence-corrected chi connectivity index (χ0v) is 16.9. The molecule has 150 valence electrons. The highest BCUT2D eigenvalue weighted by molar-refractivity contribution is 6.31. The van der Waals surface area contributed by atoms with Crippen LogP contribution in [-0.2, 0) is 13.2 Å². The Morgan fingerprint density at radius 2 is 1.79 bits per heavy atom. The zero-order chi connectivity index (χ0) is 20.6. The summed E-state index contributed by atoms with van der Waals surface area (Å²) in [5.41, 5.74) is 2.10. The van der Waals surface area contributed by atoms with Gasteiger partial charge in [-0.15, -0.1) is 0 Å². The minimum Gasteiger partial charge on any atom is -0.493 e. The third-order valence-corrected chi connectivity index (χ3v) is 4.62. The second kappa shape index (κ2) is 9.80. The first-order chi connectivity index (χ1) is 14.1. The normalized spacial score (nSPS) is 10.3. The van der Waals surface area contributed by atoms with Crippen LogP contribution < -0.4 is 19.5 Å². The zero-order valence-electron chi connectivity index (χ0n) is 16.1. The Balaban J connectivity index is 1.67. The predicted molar refractivity (Wildman–Crippen MR) is 111 cm³/mol. The van der Waals surface area contributed by atoms with Crippen LogP contribution in [0.2, 0.25) is 5.02 Å². The van der Waals surface area contributed by atoms with Crippen LogP contribution in [0.15, 0.2) is 60.8 Å². The topological polar surface area (TPSA) is 69.7 Å². The fraction of sp³-hybridized carbons (Fsp3) is 0.182. The smallest absolute Gasteiger partial charge is 0.251 e. The molecule has 0 atom stereocenters. The highest BCUT2D eigenvalue weighted by atomic mass is 35.5. The largest absolute Gasteiger partial charge is 0.493 e. The van der Waals surface area contributed by atoms with Crippen molar-refractivity contribution < 1.29 is 19.0 Å². The monoisotopic (exact) mass is 412 g/mol. The molecule has 0 fully saturated rings. The summed E-state index contributed by atoms with van der Waals surface area (Å²) in [6.07, 6.45) is 1.64. The molecular weight excluding hydrogens is 392 g/mol. The van der Waals surface area contributed by atoms with Crippen molar-refractivity contribution in [2.45, 2.75) is 13.2 Å². The molecule has 29 heavy (non-hydrogen) atoms. The van der Waals surface area contributed by atoms with E-state index in [0.717, 1.165) is 11.1 Å². The lowest BCUT2D eigenvalue weighted by atomic mass is 10.1. The molecule has 3 rings (SSSR count). The number of nitrogens with zero attached hydrogens (tertiary/aromatic N) is 1. The van der Waals surface area contributed by atoms with E-state index in [1.54, 1.807) is 37.6 Å². The average Bonchev–Trinajstić information content (AvgIpc) is 2.77. The molecule has 0 saturated carbocycles. The number of carbonyl (C=O) groups excluding carboxylic acids is 1. The van der Waals surface area contributed by atoms with E-state index in [-0.39, 0.29) is 5.91 Å². The molecule has 7 heteroatoms. The molecule has 0 spiro atoms. The number of ether oxygens (including phenoxy) is 3. The molecular formula is C22H21ClN2O4. The van der Waals surface area contributed by atoms with Crippen molar-refractivity contribution in [2.24, 2.45) is 0 Å². The van der Waals surface area contributed by atoms with Gasteiger partial charge in [0.25, 0.3) is 5.91 Å². The van der Waals surface area contributed by atoms with Gasteiger partial charge in [-0.25, -0.2) is 4.98 Å². The average molecular weight is 413 g/mol. The fourth-order valence-corrected chi connectivity index (χ4v) is 2.91. The Morgan fingerprint density at radius 3 is 2.55 bits per heavy atom. The third kappa shape index (κ3) is 5.18. The van der Waals surface area contributed by atoms with Gasteiger partial charge in [-0.3, -0.25) is 4.79 Å². The van der Waals surface area contributed by atoms with Gasteiger partial charge in [0.1, 0.15) is 6.61 Å². The van der Waals surface area contributed by atoms with E-state index in [1.807, 2.05) is 30.3 Å². The van der Waals surface area contributed by atoms with E-state index < -0.39 is 0 Å². The number of carbonyl (C=O) groups is 1. The summed E-state index contributed by atoms with van der Waals surface area (Å²) in [5, 5.41) is 3.49. The molecule has 1 N–H and O–H groups in total. The molecule has 0 unspecified atom stereocenters. The van der Waals surface area contributed by atoms with Crippen molar-refractivity contribution >= 4 is 17.5 Å². The molecule has 3 aromatic rings. The first kappa shape index (κ1) is 20.5. The van der Waals surface area contributed by atoms with Gasteiger partial charge >= 0.3 is 0 Å². The van der Waals surface area contributed by atoms with Crippen LogP contribution in [0.1, 0.15) is 21.5 Å². The van der Waals surface area contributed by atoms with Crippen molar-refractivity contribution in [3.05, 3.63) is 82.5 Å². The third-order valence-electron chi connectivity index (χ3n) is 4.25. The SMILES string of the molecule is COc1cc(C(=O)NCc2cccnc2OC)ccc1OCc1ccccc1Cl. The van der Waals surface area contributed by atoms with E-state index in [1.165, 1.54) is 7.11 Å². The van der Waals surface area contributed by atoms with Crippen LogP contribution in [0, 0.1) is 0 Å². The molecule has 6 nitrogen and oxygen atoms in total. The maximum atomic E-state index is 12.5. The number of nitrogens with one attached hydrogen (secondary N) is 1. The van der Waals surface area contributed by atoms with Crippen LogP contribution >= 0.6 is 11.6 Å². The van der Waals surface area contributed by atoms with Crippen molar-refractivity contribution in [3.63, 3.8) is 0 Å². The highest BCUT2D eigenvalue weighted by Crippen LogP contribution is 2.29. The van der Waals surface area contributed by atoms with Gasteiger partial charge in [0.15, 0.2) is 11.5 Å². The number of rotatable bonds is 8. The van der Waals surface area contributed by atoms with Gasteiger partial charge in [-0.1, -0.05) is 35.9 Å². The van der Waals surface area contributed by atoms with Crippen molar-refractivity contribution in [2.75, 3.05) is 14.2 Å². The van der Waals surface area contributed by atoms with Crippen molar-refractivity contribution in [1.29, 1.82) is 0 Å². The summed E-state index contributed by atoms with van der Waals surface area (Å²) < 4.78 is 16.4. The summed E-state index contributed by atoms with van der Waals surface area (Å²) in [7, 11) is 3.07. The lowest BCUT2D eigenvalue weighted by molar-refractivity contribution is 0.0950. The minimum absolute atomic E-state index is 0.244. The number of hydrogen-bond donors (Lipinski definition) is 1. The number of amides is 1. The van der Waals surface area contributed by atoms with Gasteiger partial charge < -0.3 is 19.5 Å². The number of halogens is 1. The second-order valence-electron chi connectivity index (χ2n) is 6.10. The van der Waals surface area contributed by atoms with Crippen LogP contribution in [0.25, 0.3) is 0 Å². The summed E-state index contributed by atoms with van der Waals surface area (Å²) >= 11 is 6.16. The number of pyridine rings is 1. The first-order valence-electron chi connectivity index (χ1n) is 8.92. The van der Waals surface area contributed by atoms with Gasteiger partial charge in [0.2, 0.25) is 5.88 Å². The molecule has 0 aliphatic heterocycles. The molecule has 0 bridgehead atoms. The standard InChI is InChI=1S/C22H21ClN2O4/c1-27-20-12-15(21(26)25-13-16-7-5-11-24-22(16)28-2)9-10-19(20)29-14-17-6-3-4-8-18(17)23/h3-12H,13-14H2,1-2H3,(H,25,26). The first-order valence-corrected chi connectivity index (χ1v) is 9.30. The molecule has 2 aromatic carbocycles. The summed E-state index contributed by atoms with van der Waals surface area (Å²) in [5.74, 6) is 1.22. The predicted octanol–water partition coefficient (Wildman–Crippen LogP) is 4.26. The van der Waals surface area contributed by atoms with E-state index in [0.29, 0.717) is 41.1 Å². The van der Waals surface area contributed by atoms with Crippen molar-refractivity contribution in [3.8, 4) is 17.4 Å². The number of aromatic nitrogens is 1. The number of hydrogen-bond acceptors (Lipinski definition) is 5. The Labute approximate surface area is 174 Å². The molecule has 0 saturated heterocycles. The van der Waals surface area contributed by atoms with Gasteiger partial charge in [-0.05, 0) is 30.3 Å². The van der Waals surface area contributed by atoms with E-state index >= 15 is 0 Å². The molecule has 0 aliphatic carbocycles. The van der Waals surface area contributed by atoms with Gasteiger partial charge in [0.05, 0.1) is 14.2 Å². The van der Waals surface area contributed by atoms with Crippen LogP contribution in [0.5, 0.6) is 17.4 Å². The van der Waals surface area contributed by atoms with Crippen molar-refractivity contribution in [1.82, 2.24) is 10.3 Å². The molecule has 0 aliphatic rings. The summed E-state index contributed by atoms with van der Waals surface area (Å²) in [6, 6.07) is 16.1. The van der Waals surface area contributed by atoms with Gasteiger partial charge in [-0.2, -0.15) is 0 Å². The van der Waals surface area contributed by atoms with Crippen LogP contribution in [0.4, 0.5) is 0 Å². The van der Waals surface area contributed by atoms with E-state index in [9.17, 15) is 4.79 Å². The molecule has 1 heterocycles. The van der Waals surface area contributed by atoms with E-state index in [4.69, 9.17) is 25.8 Å². The maximum Gasteiger partial charge on any atom is 0.251 e. The van der Waals surface area contributed by atoms with E-state index in [2.05, 4.69) is 10.3 Å². The van der Waals surface area contributed by atoms with Gasteiger partial charge in [0, 0.05) is 34.5 Å². The Morgan fingerprint density at radius 1 is 1.00 bits per heavy atom. The summed E-state index contributed by atoms with van der Waals surface area (Å²) in [6.45, 7) is 0.589. The van der Waals surface area contributed by atoms with Crippen LogP contribution in [-0.4, -0.2) is 25.1 Å². The Kier molecular flexibility index (Phi) is 6.92. The Hall–Kier alpha value is -3.25. The second-order valence-corrected chi connectivity index (χ2v) is 6.51. The lowest BCUT2D eigenvalue weighted by Crippen LogP contribution is -2.23. The quantitative estimate of drug-likeness (QED) is 0.598. The molecule has 1 aromatic heterocycles. The maximum absolute atomic E-state index is 12.5. The van der Waals surface area contributed by atoms with Crippen LogP contribution in [0.3, 0.4) is 0 Å². The lowest BCUT2D eigenvalue weighted by Gasteiger charge is -2.13. The minimum atomic E-state index is -0.244. The molecule has 1 amide bonds. The number of methoxy groups -OCH3 is 2. The Bertz CT molecular complexity index is 994. The fourth-order valence-electron chi connectivity index (χ4n) is 2.72.